The van der Waals surface area contributed by atoms with Gasteiger partial charge in [0.1, 0.15) is 11.5 Å². The summed E-state index contributed by atoms with van der Waals surface area (Å²) in [6, 6.07) is 20.6. The topological polar surface area (TPSA) is 62.5 Å². The van der Waals surface area contributed by atoms with E-state index in [-0.39, 0.29) is 17.8 Å². The minimum atomic E-state index is -0.174. The standard InChI is InChI=1S/C27H25ClN4O2S/c1-16-14-21(17(2)31(16)23-15-18(28)7-12-24(23)33)26-25(22-6-4-5-13-29-22)30-27(35)32(26)19-8-10-20(34-3)11-9-19/h4-15,25-26,33H,1-3H3,(H,30,35)/t25-,26-/m0/s1. The number of aromatic hydroxyl groups is 1. The average Bonchev–Trinajstić information content (AvgIpc) is 3.36. The highest BCUT2D eigenvalue weighted by Crippen LogP contribution is 2.44. The van der Waals surface area contributed by atoms with E-state index in [9.17, 15) is 5.11 Å². The fourth-order valence-corrected chi connectivity index (χ4v) is 5.34. The molecule has 2 atom stereocenters. The molecule has 4 aromatic rings. The third kappa shape index (κ3) is 4.11. The number of nitrogens with zero attached hydrogens (tertiary/aromatic N) is 3. The number of hydrogen-bond donors (Lipinski definition) is 2. The first-order valence-corrected chi connectivity index (χ1v) is 12.0. The Kier molecular flexibility index (Phi) is 6.13. The normalized spacial score (nSPS) is 17.5. The van der Waals surface area contributed by atoms with Gasteiger partial charge in [0, 0.05) is 28.3 Å². The lowest BCUT2D eigenvalue weighted by Gasteiger charge is -2.28. The van der Waals surface area contributed by atoms with E-state index in [1.165, 1.54) is 0 Å². The molecule has 0 aliphatic carbocycles. The van der Waals surface area contributed by atoms with Gasteiger partial charge in [0.2, 0.25) is 0 Å². The maximum atomic E-state index is 10.6. The molecular formula is C27H25ClN4O2S. The molecule has 0 bridgehead atoms. The predicted molar refractivity (Wildman–Crippen MR) is 143 cm³/mol. The number of aryl methyl sites for hydroxylation is 1. The Bertz CT molecular complexity index is 1390. The average molecular weight is 505 g/mol. The molecule has 1 saturated heterocycles. The quantitative estimate of drug-likeness (QED) is 0.323. The van der Waals surface area contributed by atoms with Gasteiger partial charge in [0.05, 0.1) is 30.6 Å². The van der Waals surface area contributed by atoms with Crippen molar-refractivity contribution in [1.82, 2.24) is 14.9 Å². The van der Waals surface area contributed by atoms with Crippen molar-refractivity contribution in [3.05, 3.63) is 101 Å². The number of rotatable bonds is 5. The first-order valence-electron chi connectivity index (χ1n) is 11.2. The Labute approximate surface area is 214 Å². The summed E-state index contributed by atoms with van der Waals surface area (Å²) in [5, 5.41) is 15.3. The van der Waals surface area contributed by atoms with E-state index >= 15 is 0 Å². The fourth-order valence-electron chi connectivity index (χ4n) is 4.83. The van der Waals surface area contributed by atoms with Crippen molar-refractivity contribution in [3.8, 4) is 17.2 Å². The van der Waals surface area contributed by atoms with Crippen LogP contribution in [0.5, 0.6) is 11.5 Å². The first kappa shape index (κ1) is 23.2. The smallest absolute Gasteiger partial charge is 0.174 e. The molecule has 2 aromatic heterocycles. The first-order chi connectivity index (χ1) is 16.9. The van der Waals surface area contributed by atoms with E-state index in [1.54, 1.807) is 31.5 Å². The molecule has 1 fully saturated rings. The Morgan fingerprint density at radius 2 is 1.83 bits per heavy atom. The maximum absolute atomic E-state index is 10.6. The zero-order chi connectivity index (χ0) is 24.7. The van der Waals surface area contributed by atoms with Crippen LogP contribution in [0.4, 0.5) is 5.69 Å². The van der Waals surface area contributed by atoms with Crippen LogP contribution in [0, 0.1) is 13.8 Å². The number of phenolic OH excluding ortho intramolecular Hbond substituents is 1. The van der Waals surface area contributed by atoms with Crippen molar-refractivity contribution < 1.29 is 9.84 Å². The number of ether oxygens (including phenoxy) is 1. The molecule has 35 heavy (non-hydrogen) atoms. The minimum Gasteiger partial charge on any atom is -0.506 e. The Morgan fingerprint density at radius 3 is 2.51 bits per heavy atom. The molecular weight excluding hydrogens is 480 g/mol. The zero-order valence-electron chi connectivity index (χ0n) is 19.6. The molecule has 0 spiro atoms. The van der Waals surface area contributed by atoms with Crippen LogP contribution in [-0.2, 0) is 0 Å². The van der Waals surface area contributed by atoms with Gasteiger partial charge in [-0.25, -0.2) is 0 Å². The van der Waals surface area contributed by atoms with Crippen molar-refractivity contribution >= 4 is 34.6 Å². The summed E-state index contributed by atoms with van der Waals surface area (Å²) in [5.74, 6) is 0.940. The molecule has 2 N–H and O–H groups in total. The van der Waals surface area contributed by atoms with Crippen LogP contribution in [0.2, 0.25) is 5.02 Å². The van der Waals surface area contributed by atoms with Gasteiger partial charge in [-0.1, -0.05) is 17.7 Å². The monoisotopic (exact) mass is 504 g/mol. The molecule has 1 aliphatic heterocycles. The van der Waals surface area contributed by atoms with Gasteiger partial charge < -0.3 is 24.6 Å². The number of hydrogen-bond acceptors (Lipinski definition) is 4. The summed E-state index contributed by atoms with van der Waals surface area (Å²) in [7, 11) is 1.65. The molecule has 178 valence electrons. The lowest BCUT2D eigenvalue weighted by Crippen LogP contribution is -2.29. The van der Waals surface area contributed by atoms with Gasteiger partial charge in [0.25, 0.3) is 0 Å². The molecule has 0 amide bonds. The summed E-state index contributed by atoms with van der Waals surface area (Å²) >= 11 is 12.1. The largest absolute Gasteiger partial charge is 0.506 e. The van der Waals surface area contributed by atoms with Crippen molar-refractivity contribution in [2.75, 3.05) is 12.0 Å². The van der Waals surface area contributed by atoms with E-state index in [0.717, 1.165) is 34.1 Å². The van der Waals surface area contributed by atoms with E-state index < -0.39 is 0 Å². The van der Waals surface area contributed by atoms with Crippen LogP contribution >= 0.6 is 23.8 Å². The number of methoxy groups -OCH3 is 1. The van der Waals surface area contributed by atoms with Crippen molar-refractivity contribution in [2.45, 2.75) is 25.9 Å². The molecule has 2 aromatic carbocycles. The minimum absolute atomic E-state index is 0.163. The zero-order valence-corrected chi connectivity index (χ0v) is 21.1. The Balaban J connectivity index is 1.68. The van der Waals surface area contributed by atoms with Crippen LogP contribution in [0.3, 0.4) is 0 Å². The van der Waals surface area contributed by atoms with Gasteiger partial charge >= 0.3 is 0 Å². The van der Waals surface area contributed by atoms with E-state index in [1.807, 2.05) is 60.9 Å². The Hall–Kier alpha value is -3.55. The number of phenols is 1. The highest BCUT2D eigenvalue weighted by atomic mass is 35.5. The molecule has 6 nitrogen and oxygen atoms in total. The third-order valence-electron chi connectivity index (χ3n) is 6.42. The number of anilines is 1. The SMILES string of the molecule is COc1ccc(N2C(=S)N[C@@H](c3ccccn3)[C@@H]2c2cc(C)n(-c3cc(Cl)ccc3O)c2C)cc1. The second-order valence-electron chi connectivity index (χ2n) is 8.49. The number of nitrogens with one attached hydrogen (secondary N) is 1. The second-order valence-corrected chi connectivity index (χ2v) is 9.31. The van der Waals surface area contributed by atoms with Crippen LogP contribution in [0.15, 0.2) is 72.9 Å². The van der Waals surface area contributed by atoms with Gasteiger partial charge in [-0.15, -0.1) is 0 Å². The molecule has 0 saturated carbocycles. The van der Waals surface area contributed by atoms with Crippen molar-refractivity contribution in [1.29, 1.82) is 0 Å². The lowest BCUT2D eigenvalue weighted by atomic mass is 9.96. The van der Waals surface area contributed by atoms with Gasteiger partial charge in [-0.2, -0.15) is 0 Å². The van der Waals surface area contributed by atoms with Gasteiger partial charge in [-0.3, -0.25) is 4.98 Å². The Morgan fingerprint density at radius 1 is 1.06 bits per heavy atom. The summed E-state index contributed by atoms with van der Waals surface area (Å²) in [6.45, 7) is 4.07. The van der Waals surface area contributed by atoms with Crippen LogP contribution < -0.4 is 15.0 Å². The highest BCUT2D eigenvalue weighted by Gasteiger charge is 2.42. The third-order valence-corrected chi connectivity index (χ3v) is 6.97. The molecule has 5 rings (SSSR count). The summed E-state index contributed by atoms with van der Waals surface area (Å²) in [4.78, 5) is 6.76. The van der Waals surface area contributed by atoms with Crippen molar-refractivity contribution in [3.63, 3.8) is 0 Å². The van der Waals surface area contributed by atoms with Gasteiger partial charge in [0.15, 0.2) is 5.11 Å². The summed E-state index contributed by atoms with van der Waals surface area (Å²) < 4.78 is 7.38. The molecule has 3 heterocycles. The van der Waals surface area contributed by atoms with Crippen molar-refractivity contribution in [2.24, 2.45) is 0 Å². The van der Waals surface area contributed by atoms with E-state index in [2.05, 4.69) is 21.3 Å². The number of halogens is 1. The van der Waals surface area contributed by atoms with Crippen LogP contribution in [-0.4, -0.2) is 26.9 Å². The summed E-state index contributed by atoms with van der Waals surface area (Å²) in [6.07, 6.45) is 1.79. The molecule has 8 heteroatoms. The number of aromatic nitrogens is 2. The van der Waals surface area contributed by atoms with E-state index in [4.69, 9.17) is 28.6 Å². The fraction of sp³-hybridized carbons (Fsp3) is 0.185. The second kappa shape index (κ2) is 9.24. The van der Waals surface area contributed by atoms with E-state index in [0.29, 0.717) is 15.8 Å². The molecule has 0 radical (unpaired) electrons. The lowest BCUT2D eigenvalue weighted by molar-refractivity contribution is 0.415. The molecule has 0 unspecified atom stereocenters. The van der Waals surface area contributed by atoms with Crippen LogP contribution in [0.25, 0.3) is 5.69 Å². The predicted octanol–water partition coefficient (Wildman–Crippen LogP) is 6.03. The van der Waals surface area contributed by atoms with Gasteiger partial charge in [-0.05, 0) is 92.3 Å². The van der Waals surface area contributed by atoms with Crippen LogP contribution in [0.1, 0.15) is 34.7 Å². The number of thiocarbonyl (C=S) groups is 1. The number of benzene rings is 2. The maximum Gasteiger partial charge on any atom is 0.174 e. The highest BCUT2D eigenvalue weighted by molar-refractivity contribution is 7.80. The molecule has 1 aliphatic rings. The number of pyridine rings is 1. The summed E-state index contributed by atoms with van der Waals surface area (Å²) in [5.41, 5.74) is 5.50.